The predicted molar refractivity (Wildman–Crippen MR) is 80.1 cm³/mol. The van der Waals surface area contributed by atoms with Gasteiger partial charge in [0.25, 0.3) is 0 Å². The number of fused-ring (bicyclic) bond motifs is 1. The highest BCUT2D eigenvalue weighted by atomic mass is 16.5. The molecule has 0 bridgehead atoms. The van der Waals surface area contributed by atoms with Gasteiger partial charge in [-0.2, -0.15) is 0 Å². The fraction of sp³-hybridized carbons (Fsp3) is 0.588. The molecule has 3 rings (SSSR count). The number of benzene rings is 1. The van der Waals surface area contributed by atoms with Crippen molar-refractivity contribution in [1.29, 1.82) is 0 Å². The van der Waals surface area contributed by atoms with Crippen LogP contribution in [-0.4, -0.2) is 31.3 Å². The second kappa shape index (κ2) is 6.48. The first-order chi connectivity index (χ1) is 10.3. The van der Waals surface area contributed by atoms with Gasteiger partial charge >= 0.3 is 0 Å². The van der Waals surface area contributed by atoms with Crippen LogP contribution < -0.4 is 10.1 Å². The topological polar surface area (TPSA) is 47.6 Å². The highest BCUT2D eigenvalue weighted by Crippen LogP contribution is 2.45. The van der Waals surface area contributed by atoms with Gasteiger partial charge in [0.05, 0.1) is 19.1 Å². The maximum atomic E-state index is 12.1. The molecule has 2 fully saturated rings. The Labute approximate surface area is 125 Å². The molecule has 4 nitrogen and oxygen atoms in total. The quantitative estimate of drug-likeness (QED) is 0.874. The van der Waals surface area contributed by atoms with Gasteiger partial charge in [-0.15, -0.1) is 0 Å². The van der Waals surface area contributed by atoms with Crippen LogP contribution in [0.5, 0.6) is 5.75 Å². The van der Waals surface area contributed by atoms with E-state index in [1.165, 1.54) is 0 Å². The number of rotatable bonds is 6. The minimum Gasteiger partial charge on any atom is -0.493 e. The third-order valence-electron chi connectivity index (χ3n) is 4.67. The van der Waals surface area contributed by atoms with E-state index in [0.29, 0.717) is 37.0 Å². The summed E-state index contributed by atoms with van der Waals surface area (Å²) in [4.78, 5) is 12.1. The Bertz CT molecular complexity index is 476. The van der Waals surface area contributed by atoms with Crippen molar-refractivity contribution in [2.75, 3.05) is 13.2 Å². The molecule has 0 radical (unpaired) electrons. The number of nitrogens with one attached hydrogen (secondary N) is 1. The number of ether oxygens (including phenoxy) is 2. The van der Waals surface area contributed by atoms with E-state index in [1.54, 1.807) is 0 Å². The summed E-state index contributed by atoms with van der Waals surface area (Å²) in [7, 11) is 0. The number of hydrogen-bond donors (Lipinski definition) is 1. The van der Waals surface area contributed by atoms with Crippen molar-refractivity contribution in [3.8, 4) is 5.75 Å². The minimum absolute atomic E-state index is 0.0831. The Morgan fingerprint density at radius 3 is 2.95 bits per heavy atom. The molecule has 0 aromatic heterocycles. The third-order valence-corrected chi connectivity index (χ3v) is 4.67. The van der Waals surface area contributed by atoms with Crippen molar-refractivity contribution < 1.29 is 14.3 Å². The van der Waals surface area contributed by atoms with E-state index in [0.717, 1.165) is 25.2 Å². The fourth-order valence-electron chi connectivity index (χ4n) is 3.57. The lowest BCUT2D eigenvalue weighted by Crippen LogP contribution is -2.61. The normalized spacial score (nSPS) is 30.3. The lowest BCUT2D eigenvalue weighted by atomic mass is 9.65. The number of carbonyl (C=O) groups excluding carboxylic acids is 1. The molecule has 0 spiro atoms. The highest BCUT2D eigenvalue weighted by molar-refractivity contribution is 5.76. The van der Waals surface area contributed by atoms with Gasteiger partial charge in [0.15, 0.2) is 0 Å². The van der Waals surface area contributed by atoms with E-state index < -0.39 is 0 Å². The molecule has 114 valence electrons. The van der Waals surface area contributed by atoms with Crippen LogP contribution in [0.4, 0.5) is 0 Å². The summed E-state index contributed by atoms with van der Waals surface area (Å²) < 4.78 is 11.3. The number of amides is 1. The second-order valence-corrected chi connectivity index (χ2v) is 5.86. The predicted octanol–water partition coefficient (Wildman–Crippen LogP) is 2.39. The first kappa shape index (κ1) is 14.4. The van der Waals surface area contributed by atoms with Gasteiger partial charge in [-0.25, -0.2) is 0 Å². The van der Waals surface area contributed by atoms with Crippen molar-refractivity contribution in [3.63, 3.8) is 0 Å². The highest BCUT2D eigenvalue weighted by Gasteiger charge is 2.53. The Morgan fingerprint density at radius 2 is 2.19 bits per heavy atom. The summed E-state index contributed by atoms with van der Waals surface area (Å²) in [6.45, 7) is 3.43. The Morgan fingerprint density at radius 1 is 1.38 bits per heavy atom. The molecule has 2 aliphatic rings. The molecule has 1 aromatic carbocycles. The van der Waals surface area contributed by atoms with Crippen LogP contribution in [0.25, 0.3) is 0 Å². The van der Waals surface area contributed by atoms with Crippen molar-refractivity contribution in [3.05, 3.63) is 30.3 Å². The number of carbonyl (C=O) groups is 1. The van der Waals surface area contributed by atoms with E-state index in [9.17, 15) is 4.79 Å². The molecule has 1 aliphatic heterocycles. The largest absolute Gasteiger partial charge is 0.493 e. The zero-order chi connectivity index (χ0) is 14.7. The van der Waals surface area contributed by atoms with Crippen LogP contribution >= 0.6 is 0 Å². The minimum atomic E-state index is 0.0831. The molecule has 1 aliphatic carbocycles. The van der Waals surface area contributed by atoms with Crippen molar-refractivity contribution in [1.82, 2.24) is 5.32 Å². The molecule has 0 unspecified atom stereocenters. The van der Waals surface area contributed by atoms with E-state index in [4.69, 9.17) is 9.47 Å². The summed E-state index contributed by atoms with van der Waals surface area (Å²) in [6, 6.07) is 9.90. The zero-order valence-corrected chi connectivity index (χ0v) is 12.5. The number of para-hydroxylation sites is 1. The van der Waals surface area contributed by atoms with Gasteiger partial charge in [0, 0.05) is 24.5 Å². The monoisotopic (exact) mass is 289 g/mol. The Hall–Kier alpha value is -1.55. The van der Waals surface area contributed by atoms with Gasteiger partial charge in [-0.05, 0) is 25.0 Å². The van der Waals surface area contributed by atoms with Gasteiger partial charge in [0.2, 0.25) is 5.91 Å². The molecule has 21 heavy (non-hydrogen) atoms. The van der Waals surface area contributed by atoms with Crippen molar-refractivity contribution in [2.45, 2.75) is 38.3 Å². The summed E-state index contributed by atoms with van der Waals surface area (Å²) in [5.74, 6) is 1.90. The fourth-order valence-corrected chi connectivity index (χ4v) is 3.57. The first-order valence-corrected chi connectivity index (χ1v) is 7.88. The van der Waals surface area contributed by atoms with Gasteiger partial charge < -0.3 is 14.8 Å². The second-order valence-electron chi connectivity index (χ2n) is 5.86. The number of hydrogen-bond acceptors (Lipinski definition) is 3. The molecule has 4 atom stereocenters. The maximum Gasteiger partial charge on any atom is 0.223 e. The summed E-state index contributed by atoms with van der Waals surface area (Å²) in [5.41, 5.74) is 0. The summed E-state index contributed by atoms with van der Waals surface area (Å²) in [5, 5.41) is 3.18. The van der Waals surface area contributed by atoms with Crippen LogP contribution in [0.3, 0.4) is 0 Å². The van der Waals surface area contributed by atoms with Gasteiger partial charge in [-0.1, -0.05) is 25.1 Å². The molecule has 1 aromatic rings. The smallest absolute Gasteiger partial charge is 0.223 e. The molecule has 1 saturated heterocycles. The Kier molecular flexibility index (Phi) is 4.44. The average Bonchev–Trinajstić information content (AvgIpc) is 2.91. The standard InChI is InChI=1S/C17H23NO3/c1-2-13-16(14-8-10-21-17(13)14)18-15(19)9-11-20-12-6-4-3-5-7-12/h3-7,13-14,16-17H,2,8-11H2,1H3,(H,18,19)/t13-,14+,16-,17-/m1/s1. The zero-order valence-electron chi connectivity index (χ0n) is 12.5. The molecular weight excluding hydrogens is 266 g/mol. The molecule has 1 N–H and O–H groups in total. The molecule has 1 amide bonds. The SMILES string of the molecule is CC[C@@H]1[C@@H](NC(=O)CCOc2ccccc2)[C@@H]2CCO[C@H]12. The van der Waals surface area contributed by atoms with Crippen LogP contribution in [0.2, 0.25) is 0 Å². The maximum absolute atomic E-state index is 12.1. The van der Waals surface area contributed by atoms with Crippen LogP contribution in [0, 0.1) is 11.8 Å². The van der Waals surface area contributed by atoms with E-state index in [2.05, 4.69) is 12.2 Å². The van der Waals surface area contributed by atoms with Crippen LogP contribution in [0.1, 0.15) is 26.2 Å². The third kappa shape index (κ3) is 3.05. The molecular formula is C17H23NO3. The molecule has 1 heterocycles. The summed E-state index contributed by atoms with van der Waals surface area (Å²) in [6.07, 6.45) is 2.92. The first-order valence-electron chi connectivity index (χ1n) is 7.88. The van der Waals surface area contributed by atoms with Crippen LogP contribution in [-0.2, 0) is 9.53 Å². The molecule has 4 heteroatoms. The van der Waals surface area contributed by atoms with Crippen molar-refractivity contribution >= 4 is 5.91 Å². The average molecular weight is 289 g/mol. The lowest BCUT2D eigenvalue weighted by molar-refractivity contribution is -0.127. The van der Waals surface area contributed by atoms with Gasteiger partial charge in [-0.3, -0.25) is 4.79 Å². The van der Waals surface area contributed by atoms with E-state index in [1.807, 2.05) is 30.3 Å². The lowest BCUT2D eigenvalue weighted by Gasteiger charge is -2.47. The van der Waals surface area contributed by atoms with Crippen LogP contribution in [0.15, 0.2) is 30.3 Å². The molecule has 1 saturated carbocycles. The van der Waals surface area contributed by atoms with E-state index >= 15 is 0 Å². The van der Waals surface area contributed by atoms with Crippen molar-refractivity contribution in [2.24, 2.45) is 11.8 Å². The summed E-state index contributed by atoms with van der Waals surface area (Å²) >= 11 is 0. The van der Waals surface area contributed by atoms with E-state index in [-0.39, 0.29) is 5.91 Å². The van der Waals surface area contributed by atoms with Gasteiger partial charge in [0.1, 0.15) is 5.75 Å². The Balaban J connectivity index is 1.42.